The summed E-state index contributed by atoms with van der Waals surface area (Å²) in [6.07, 6.45) is 1.54. The van der Waals surface area contributed by atoms with E-state index in [0.717, 1.165) is 18.2 Å². The Morgan fingerprint density at radius 2 is 1.60 bits per heavy atom. The van der Waals surface area contributed by atoms with Gasteiger partial charge < -0.3 is 19.5 Å². The summed E-state index contributed by atoms with van der Waals surface area (Å²) < 4.78 is 45.1. The monoisotopic (exact) mass is 415 g/mol. The molecule has 0 saturated carbocycles. The summed E-state index contributed by atoms with van der Waals surface area (Å²) in [6, 6.07) is 6.53. The van der Waals surface area contributed by atoms with Gasteiger partial charge in [0.05, 0.1) is 32.7 Å². The highest BCUT2D eigenvalue weighted by atomic mass is 19.1. The second-order valence-corrected chi connectivity index (χ2v) is 6.73. The molecule has 0 saturated heterocycles. The molecule has 156 valence electrons. The van der Waals surface area contributed by atoms with Crippen molar-refractivity contribution in [2.45, 2.75) is 12.3 Å². The number of hydrogen-bond acceptors (Lipinski definition) is 5. The van der Waals surface area contributed by atoms with Crippen molar-refractivity contribution in [1.82, 2.24) is 9.55 Å². The van der Waals surface area contributed by atoms with Gasteiger partial charge in [-0.25, -0.2) is 13.8 Å². The number of carbonyl (C=O) groups excluding carboxylic acids is 1. The van der Waals surface area contributed by atoms with Crippen LogP contribution >= 0.6 is 0 Å². The molecule has 2 aromatic carbocycles. The summed E-state index contributed by atoms with van der Waals surface area (Å²) in [7, 11) is 4.55. The molecule has 4 rings (SSSR count). The van der Waals surface area contributed by atoms with Crippen LogP contribution in [0.4, 0.5) is 14.6 Å². The van der Waals surface area contributed by atoms with Crippen LogP contribution in [0.5, 0.6) is 17.2 Å². The van der Waals surface area contributed by atoms with Gasteiger partial charge in [-0.05, 0) is 18.2 Å². The number of hydrogen-bond donors (Lipinski definition) is 1. The van der Waals surface area contributed by atoms with Gasteiger partial charge in [0.25, 0.3) is 0 Å². The number of methoxy groups -OCH3 is 3. The van der Waals surface area contributed by atoms with Crippen molar-refractivity contribution in [1.29, 1.82) is 0 Å². The molecule has 0 bridgehead atoms. The molecule has 0 fully saturated rings. The van der Waals surface area contributed by atoms with E-state index in [1.807, 2.05) is 0 Å². The molecule has 7 nitrogen and oxygen atoms in total. The fourth-order valence-electron chi connectivity index (χ4n) is 3.66. The summed E-state index contributed by atoms with van der Waals surface area (Å²) in [6.45, 7) is 0. The number of anilines is 1. The molecule has 1 unspecified atom stereocenters. The predicted molar refractivity (Wildman–Crippen MR) is 105 cm³/mol. The standard InChI is InChI=1S/C21H19F2N3O4/c1-28-16-9-18(30-3)17(29-2)7-14(16)15-8-19(27)25-21-20(15)24-10-26(21)13-5-11(22)4-12(23)6-13/h4-7,9-10,15H,8H2,1-3H3,(H,25,27). The van der Waals surface area contributed by atoms with Crippen LogP contribution in [-0.4, -0.2) is 36.8 Å². The van der Waals surface area contributed by atoms with Gasteiger partial charge in [-0.2, -0.15) is 0 Å². The zero-order valence-corrected chi connectivity index (χ0v) is 16.5. The molecule has 0 aliphatic carbocycles. The molecule has 1 amide bonds. The van der Waals surface area contributed by atoms with Crippen LogP contribution in [0.2, 0.25) is 0 Å². The normalized spacial score (nSPS) is 15.4. The number of imidazole rings is 1. The first-order chi connectivity index (χ1) is 14.4. The highest BCUT2D eigenvalue weighted by Gasteiger charge is 2.33. The maximum absolute atomic E-state index is 13.7. The average Bonchev–Trinajstić information content (AvgIpc) is 3.15. The summed E-state index contributed by atoms with van der Waals surface area (Å²) in [5.74, 6) is -0.360. The molecule has 0 radical (unpaired) electrons. The molecule has 2 heterocycles. The van der Waals surface area contributed by atoms with E-state index in [0.29, 0.717) is 34.3 Å². The number of aromatic nitrogens is 2. The number of rotatable bonds is 5. The van der Waals surface area contributed by atoms with Gasteiger partial charge in [0.2, 0.25) is 5.91 Å². The molecular formula is C21H19F2N3O4. The second-order valence-electron chi connectivity index (χ2n) is 6.73. The minimum absolute atomic E-state index is 0.118. The molecule has 9 heteroatoms. The molecule has 30 heavy (non-hydrogen) atoms. The minimum atomic E-state index is -0.729. The van der Waals surface area contributed by atoms with Crippen LogP contribution in [0.1, 0.15) is 23.6 Å². The smallest absolute Gasteiger partial charge is 0.226 e. The first-order valence-corrected chi connectivity index (χ1v) is 9.08. The Labute approximate surface area is 171 Å². The van der Waals surface area contributed by atoms with E-state index in [2.05, 4.69) is 10.3 Å². The number of fused-ring (bicyclic) bond motifs is 1. The Bertz CT molecular complexity index is 1110. The number of amides is 1. The van der Waals surface area contributed by atoms with Crippen molar-refractivity contribution in [2.75, 3.05) is 26.6 Å². The lowest BCUT2D eigenvalue weighted by molar-refractivity contribution is -0.116. The van der Waals surface area contributed by atoms with Gasteiger partial charge >= 0.3 is 0 Å². The summed E-state index contributed by atoms with van der Waals surface area (Å²) in [5.41, 5.74) is 1.44. The Morgan fingerprint density at radius 1 is 0.967 bits per heavy atom. The van der Waals surface area contributed by atoms with Crippen LogP contribution in [0.15, 0.2) is 36.7 Å². The number of nitrogens with zero attached hydrogens (tertiary/aromatic N) is 2. The number of nitrogens with one attached hydrogen (secondary N) is 1. The first-order valence-electron chi connectivity index (χ1n) is 9.08. The zero-order chi connectivity index (χ0) is 21.4. The number of carbonyl (C=O) groups is 1. The van der Waals surface area contributed by atoms with E-state index in [1.54, 1.807) is 12.1 Å². The SMILES string of the molecule is COc1cc(OC)c(C2CC(=O)Nc3c2ncn3-c2cc(F)cc(F)c2)cc1OC. The first kappa shape index (κ1) is 19.7. The maximum Gasteiger partial charge on any atom is 0.226 e. The van der Waals surface area contributed by atoms with Crippen molar-refractivity contribution in [2.24, 2.45) is 0 Å². The highest BCUT2D eigenvalue weighted by molar-refractivity contribution is 5.94. The van der Waals surface area contributed by atoms with E-state index < -0.39 is 17.6 Å². The van der Waals surface area contributed by atoms with Gasteiger partial charge in [0, 0.05) is 30.0 Å². The van der Waals surface area contributed by atoms with E-state index in [4.69, 9.17) is 14.2 Å². The third kappa shape index (κ3) is 3.32. The van der Waals surface area contributed by atoms with Gasteiger partial charge in [0.15, 0.2) is 11.5 Å². The van der Waals surface area contributed by atoms with Crippen LogP contribution < -0.4 is 19.5 Å². The van der Waals surface area contributed by atoms with Crippen LogP contribution in [-0.2, 0) is 4.79 Å². The lowest BCUT2D eigenvalue weighted by atomic mass is 9.88. The molecule has 0 spiro atoms. The van der Waals surface area contributed by atoms with E-state index >= 15 is 0 Å². The largest absolute Gasteiger partial charge is 0.496 e. The number of halogens is 2. The molecule has 1 N–H and O–H groups in total. The summed E-state index contributed by atoms with van der Waals surface area (Å²) in [4.78, 5) is 16.9. The Hall–Kier alpha value is -3.62. The van der Waals surface area contributed by atoms with E-state index in [1.165, 1.54) is 32.2 Å². The van der Waals surface area contributed by atoms with Crippen molar-refractivity contribution >= 4 is 11.7 Å². The van der Waals surface area contributed by atoms with Crippen LogP contribution in [0.25, 0.3) is 5.69 Å². The van der Waals surface area contributed by atoms with Gasteiger partial charge in [-0.1, -0.05) is 0 Å². The minimum Gasteiger partial charge on any atom is -0.496 e. The molecule has 1 aromatic heterocycles. The van der Waals surface area contributed by atoms with Gasteiger partial charge in [-0.3, -0.25) is 9.36 Å². The molecule has 1 atom stereocenters. The predicted octanol–water partition coefficient (Wildman–Crippen LogP) is 3.65. The van der Waals surface area contributed by atoms with Crippen molar-refractivity contribution in [3.8, 4) is 22.9 Å². The van der Waals surface area contributed by atoms with Gasteiger partial charge in [-0.15, -0.1) is 0 Å². The molecule has 1 aliphatic rings. The van der Waals surface area contributed by atoms with Crippen molar-refractivity contribution in [3.63, 3.8) is 0 Å². The van der Waals surface area contributed by atoms with E-state index in [9.17, 15) is 13.6 Å². The van der Waals surface area contributed by atoms with Crippen LogP contribution in [0, 0.1) is 11.6 Å². The molecule has 3 aromatic rings. The summed E-state index contributed by atoms with van der Waals surface area (Å²) in [5, 5.41) is 2.75. The fraction of sp³-hybridized carbons (Fsp3) is 0.238. The topological polar surface area (TPSA) is 74.6 Å². The van der Waals surface area contributed by atoms with Crippen molar-refractivity contribution in [3.05, 3.63) is 59.6 Å². The average molecular weight is 415 g/mol. The highest BCUT2D eigenvalue weighted by Crippen LogP contribution is 2.44. The van der Waals surface area contributed by atoms with Crippen molar-refractivity contribution < 1.29 is 27.8 Å². The lowest BCUT2D eigenvalue weighted by Gasteiger charge is -2.25. The fourth-order valence-corrected chi connectivity index (χ4v) is 3.66. The Balaban J connectivity index is 1.86. The third-order valence-corrected chi connectivity index (χ3v) is 5.01. The van der Waals surface area contributed by atoms with Crippen LogP contribution in [0.3, 0.4) is 0 Å². The second kappa shape index (κ2) is 7.66. The quantitative estimate of drug-likeness (QED) is 0.689. The molecular weight excluding hydrogens is 396 g/mol. The molecule has 1 aliphatic heterocycles. The Morgan fingerprint density at radius 3 is 2.23 bits per heavy atom. The lowest BCUT2D eigenvalue weighted by Crippen LogP contribution is -2.25. The third-order valence-electron chi connectivity index (χ3n) is 5.01. The Kier molecular flexibility index (Phi) is 5.03. The number of benzene rings is 2. The summed E-state index contributed by atoms with van der Waals surface area (Å²) >= 11 is 0. The van der Waals surface area contributed by atoms with E-state index in [-0.39, 0.29) is 18.0 Å². The van der Waals surface area contributed by atoms with Gasteiger partial charge in [0.1, 0.15) is 29.5 Å². The maximum atomic E-state index is 13.7. The number of ether oxygens (including phenoxy) is 3. The zero-order valence-electron chi connectivity index (χ0n) is 16.5.